The minimum Gasteiger partial charge on any atom is -0.481 e. The molecule has 0 atom stereocenters. The Bertz CT molecular complexity index is 1220. The number of carboxylic acids is 1. The third-order valence-electron chi connectivity index (χ3n) is 6.53. The van der Waals surface area contributed by atoms with Crippen molar-refractivity contribution in [3.05, 3.63) is 82.7 Å². The highest BCUT2D eigenvalue weighted by atomic mass is 19.4. The van der Waals surface area contributed by atoms with Gasteiger partial charge in [0.15, 0.2) is 0 Å². The topological polar surface area (TPSA) is 78.8 Å². The summed E-state index contributed by atoms with van der Waals surface area (Å²) in [5, 5.41) is 9.10. The maximum Gasteiger partial charge on any atom is 0.573 e. The zero-order chi connectivity index (χ0) is 27.1. The molecule has 2 aromatic carbocycles. The fraction of sp³-hybridized carbons (Fsp3) is 0.393. The summed E-state index contributed by atoms with van der Waals surface area (Å²) in [7, 11) is 0. The van der Waals surface area contributed by atoms with Crippen LogP contribution in [0.15, 0.2) is 54.9 Å². The molecule has 0 saturated heterocycles. The highest BCUT2D eigenvalue weighted by Crippen LogP contribution is 2.24. The molecular formula is C28H31F3N4O3. The molecule has 0 bridgehead atoms. The molecule has 2 heterocycles. The predicted molar refractivity (Wildman–Crippen MR) is 137 cm³/mol. The molecule has 0 fully saturated rings. The van der Waals surface area contributed by atoms with Gasteiger partial charge >= 0.3 is 12.3 Å². The summed E-state index contributed by atoms with van der Waals surface area (Å²) >= 11 is 0. The lowest BCUT2D eigenvalue weighted by atomic mass is 9.96. The Morgan fingerprint density at radius 3 is 2.42 bits per heavy atom. The average molecular weight is 529 g/mol. The van der Waals surface area contributed by atoms with Crippen molar-refractivity contribution in [2.75, 3.05) is 24.5 Å². The van der Waals surface area contributed by atoms with Crippen LogP contribution in [-0.2, 0) is 37.1 Å². The van der Waals surface area contributed by atoms with Crippen molar-refractivity contribution >= 4 is 11.9 Å². The van der Waals surface area contributed by atoms with E-state index < -0.39 is 12.3 Å². The van der Waals surface area contributed by atoms with E-state index in [2.05, 4.69) is 19.6 Å². The van der Waals surface area contributed by atoms with Gasteiger partial charge in [-0.3, -0.25) is 9.69 Å². The SMILES string of the molecule is CCc1cnc(N(CCCN2CCc3ccc(CC(=O)O)cc3C2)Cc2ccc(OC(F)(F)F)cc2)nc1. The van der Waals surface area contributed by atoms with Crippen molar-refractivity contribution in [2.45, 2.75) is 52.1 Å². The number of hydrogen-bond donors (Lipinski definition) is 1. The number of carbonyl (C=O) groups is 1. The molecule has 7 nitrogen and oxygen atoms in total. The summed E-state index contributed by atoms with van der Waals surface area (Å²) in [4.78, 5) is 24.5. The van der Waals surface area contributed by atoms with E-state index >= 15 is 0 Å². The maximum absolute atomic E-state index is 12.5. The first-order chi connectivity index (χ1) is 18.2. The smallest absolute Gasteiger partial charge is 0.481 e. The van der Waals surface area contributed by atoms with Crippen LogP contribution in [0.1, 0.15) is 41.2 Å². The molecule has 10 heteroatoms. The van der Waals surface area contributed by atoms with E-state index in [4.69, 9.17) is 5.11 Å². The van der Waals surface area contributed by atoms with Gasteiger partial charge in [0, 0.05) is 45.1 Å². The maximum atomic E-state index is 12.5. The number of hydrogen-bond acceptors (Lipinski definition) is 6. The first-order valence-electron chi connectivity index (χ1n) is 12.6. The number of anilines is 1. The summed E-state index contributed by atoms with van der Waals surface area (Å²) in [5.74, 6) is -0.525. The van der Waals surface area contributed by atoms with Crippen molar-refractivity contribution in [2.24, 2.45) is 0 Å². The standard InChI is InChI=1S/C28H31F3N4O3/c1-2-20-16-32-27(33-17-20)35(18-21-5-8-25(9-6-21)38-28(29,30)31)12-3-11-34-13-10-23-7-4-22(15-26(36)37)14-24(23)19-34/h4-9,14,16-17H,2-3,10-13,15,18-19H2,1H3,(H,36,37). The second-order valence-corrected chi connectivity index (χ2v) is 9.41. The third kappa shape index (κ3) is 7.92. The van der Waals surface area contributed by atoms with Gasteiger partial charge in [-0.15, -0.1) is 13.2 Å². The number of aliphatic carboxylic acids is 1. The summed E-state index contributed by atoms with van der Waals surface area (Å²) in [5.41, 5.74) is 5.09. The molecule has 38 heavy (non-hydrogen) atoms. The van der Waals surface area contributed by atoms with Crippen molar-refractivity contribution in [1.29, 1.82) is 0 Å². The molecule has 1 N–H and O–H groups in total. The van der Waals surface area contributed by atoms with Crippen LogP contribution in [0, 0.1) is 0 Å². The number of fused-ring (bicyclic) bond motifs is 1. The van der Waals surface area contributed by atoms with Crippen LogP contribution in [0.2, 0.25) is 0 Å². The average Bonchev–Trinajstić information content (AvgIpc) is 2.88. The minimum atomic E-state index is -4.73. The van der Waals surface area contributed by atoms with E-state index in [0.29, 0.717) is 19.0 Å². The Morgan fingerprint density at radius 2 is 1.76 bits per heavy atom. The van der Waals surface area contributed by atoms with Gasteiger partial charge in [-0.25, -0.2) is 9.97 Å². The molecule has 3 aromatic rings. The van der Waals surface area contributed by atoms with Gasteiger partial charge in [-0.2, -0.15) is 0 Å². The highest BCUT2D eigenvalue weighted by molar-refractivity contribution is 5.70. The minimum absolute atomic E-state index is 0.0162. The molecule has 1 aliphatic heterocycles. The van der Waals surface area contributed by atoms with Crippen LogP contribution in [0.3, 0.4) is 0 Å². The largest absolute Gasteiger partial charge is 0.573 e. The van der Waals surface area contributed by atoms with Crippen LogP contribution in [0.25, 0.3) is 0 Å². The van der Waals surface area contributed by atoms with Crippen molar-refractivity contribution < 1.29 is 27.8 Å². The van der Waals surface area contributed by atoms with Crippen LogP contribution in [0.4, 0.5) is 19.1 Å². The number of aromatic nitrogens is 2. The van der Waals surface area contributed by atoms with Gasteiger partial charge in [-0.1, -0.05) is 37.3 Å². The monoisotopic (exact) mass is 528 g/mol. The van der Waals surface area contributed by atoms with E-state index in [-0.39, 0.29) is 12.2 Å². The number of carboxylic acid groups (broad SMARTS) is 1. The Kier molecular flexibility index (Phi) is 8.83. The molecule has 1 aromatic heterocycles. The summed E-state index contributed by atoms with van der Waals surface area (Å²) < 4.78 is 41.5. The number of ether oxygens (including phenoxy) is 1. The number of aryl methyl sites for hydroxylation is 1. The lowest BCUT2D eigenvalue weighted by Crippen LogP contribution is -2.34. The second kappa shape index (κ2) is 12.3. The first kappa shape index (κ1) is 27.4. The Morgan fingerprint density at radius 1 is 1.05 bits per heavy atom. The van der Waals surface area contributed by atoms with E-state index in [0.717, 1.165) is 55.6 Å². The Hall–Kier alpha value is -3.66. The third-order valence-corrected chi connectivity index (χ3v) is 6.53. The lowest BCUT2D eigenvalue weighted by Gasteiger charge is -2.30. The molecule has 0 saturated carbocycles. The molecular weight excluding hydrogens is 497 g/mol. The quantitative estimate of drug-likeness (QED) is 0.374. The van der Waals surface area contributed by atoms with Crippen LogP contribution in [0.5, 0.6) is 5.75 Å². The molecule has 0 spiro atoms. The summed E-state index contributed by atoms with van der Waals surface area (Å²) in [6.07, 6.45) is 1.46. The van der Waals surface area contributed by atoms with E-state index in [1.807, 2.05) is 30.0 Å². The number of rotatable bonds is 11. The number of nitrogens with zero attached hydrogens (tertiary/aromatic N) is 4. The van der Waals surface area contributed by atoms with Crippen LogP contribution in [-0.4, -0.2) is 51.9 Å². The Labute approximate surface area is 219 Å². The molecule has 0 radical (unpaired) electrons. The van der Waals surface area contributed by atoms with Gasteiger partial charge < -0.3 is 14.7 Å². The number of halogens is 3. The van der Waals surface area contributed by atoms with Crippen molar-refractivity contribution in [3.8, 4) is 5.75 Å². The van der Waals surface area contributed by atoms with Gasteiger partial charge in [-0.05, 0) is 59.2 Å². The molecule has 0 unspecified atom stereocenters. The van der Waals surface area contributed by atoms with Gasteiger partial charge in [0.05, 0.1) is 6.42 Å². The zero-order valence-corrected chi connectivity index (χ0v) is 21.2. The molecule has 4 rings (SSSR count). The van der Waals surface area contributed by atoms with Crippen LogP contribution < -0.4 is 9.64 Å². The fourth-order valence-electron chi connectivity index (χ4n) is 4.59. The normalized spacial score (nSPS) is 13.7. The predicted octanol–water partition coefficient (Wildman–Crippen LogP) is 5.02. The van der Waals surface area contributed by atoms with E-state index in [1.54, 1.807) is 24.5 Å². The van der Waals surface area contributed by atoms with Gasteiger partial charge in [0.2, 0.25) is 5.95 Å². The summed E-state index contributed by atoms with van der Waals surface area (Å²) in [6, 6.07) is 11.8. The molecule has 0 amide bonds. The van der Waals surface area contributed by atoms with Crippen molar-refractivity contribution in [1.82, 2.24) is 14.9 Å². The van der Waals surface area contributed by atoms with E-state index in [1.165, 1.54) is 23.3 Å². The number of benzene rings is 2. The second-order valence-electron chi connectivity index (χ2n) is 9.41. The first-order valence-corrected chi connectivity index (χ1v) is 12.6. The highest BCUT2D eigenvalue weighted by Gasteiger charge is 2.31. The van der Waals surface area contributed by atoms with Gasteiger partial charge in [0.1, 0.15) is 5.75 Å². The summed E-state index contributed by atoms with van der Waals surface area (Å²) in [6.45, 7) is 5.67. The number of alkyl halides is 3. The van der Waals surface area contributed by atoms with Gasteiger partial charge in [0.25, 0.3) is 0 Å². The Balaban J connectivity index is 1.39. The lowest BCUT2D eigenvalue weighted by molar-refractivity contribution is -0.274. The van der Waals surface area contributed by atoms with Crippen LogP contribution >= 0.6 is 0 Å². The molecule has 0 aliphatic carbocycles. The van der Waals surface area contributed by atoms with Crippen molar-refractivity contribution in [3.63, 3.8) is 0 Å². The molecule has 1 aliphatic rings. The zero-order valence-electron chi connectivity index (χ0n) is 21.2. The van der Waals surface area contributed by atoms with E-state index in [9.17, 15) is 18.0 Å². The molecule has 202 valence electrons. The fourth-order valence-corrected chi connectivity index (χ4v) is 4.59.